The van der Waals surface area contributed by atoms with Crippen LogP contribution in [0.3, 0.4) is 0 Å². The van der Waals surface area contributed by atoms with Gasteiger partial charge in [-0.1, -0.05) is 12.1 Å². The minimum atomic E-state index is 0.142. The third-order valence-corrected chi connectivity index (χ3v) is 2.55. The smallest absolute Gasteiger partial charge is 0.119 e. The van der Waals surface area contributed by atoms with Gasteiger partial charge in [-0.15, -0.1) is 0 Å². The van der Waals surface area contributed by atoms with Crippen LogP contribution in [0.1, 0.15) is 40.2 Å². The summed E-state index contributed by atoms with van der Waals surface area (Å²) >= 11 is 0. The van der Waals surface area contributed by atoms with Crippen LogP contribution < -0.4 is 10.1 Å². The van der Waals surface area contributed by atoms with E-state index in [1.54, 1.807) is 0 Å². The van der Waals surface area contributed by atoms with Gasteiger partial charge < -0.3 is 14.8 Å². The van der Waals surface area contributed by atoms with Gasteiger partial charge in [0.1, 0.15) is 12.4 Å². The molecule has 0 saturated heterocycles. The highest BCUT2D eigenvalue weighted by atomic mass is 16.5. The molecule has 1 aromatic rings. The van der Waals surface area contributed by atoms with Crippen molar-refractivity contribution in [1.29, 1.82) is 0 Å². The quantitative estimate of drug-likeness (QED) is 0.767. The lowest BCUT2D eigenvalue weighted by atomic mass is 10.1. The highest BCUT2D eigenvalue weighted by Crippen LogP contribution is 2.13. The van der Waals surface area contributed by atoms with E-state index in [1.807, 2.05) is 26.0 Å². The summed E-state index contributed by atoms with van der Waals surface area (Å²) in [5.74, 6) is 0.895. The first-order valence-electron chi connectivity index (χ1n) is 6.95. The lowest BCUT2D eigenvalue weighted by Crippen LogP contribution is -2.35. The molecule has 0 saturated carbocycles. The molecule has 0 amide bonds. The molecule has 3 nitrogen and oxygen atoms in total. The molecular formula is C16H27NO2. The topological polar surface area (TPSA) is 30.5 Å². The van der Waals surface area contributed by atoms with Crippen molar-refractivity contribution in [2.75, 3.05) is 13.2 Å². The molecule has 0 aliphatic carbocycles. The van der Waals surface area contributed by atoms with Crippen LogP contribution in [0.15, 0.2) is 24.3 Å². The van der Waals surface area contributed by atoms with E-state index in [9.17, 15) is 0 Å². The minimum absolute atomic E-state index is 0.142. The Labute approximate surface area is 117 Å². The molecule has 0 fully saturated rings. The van der Waals surface area contributed by atoms with Crippen molar-refractivity contribution < 1.29 is 9.47 Å². The van der Waals surface area contributed by atoms with Gasteiger partial charge in [-0.25, -0.2) is 0 Å². The maximum atomic E-state index is 5.61. The number of nitrogens with one attached hydrogen (secondary N) is 1. The van der Waals surface area contributed by atoms with Gasteiger partial charge in [-0.3, -0.25) is 0 Å². The molecule has 0 aromatic heterocycles. The molecule has 0 heterocycles. The Kier molecular flexibility index (Phi) is 6.32. The van der Waals surface area contributed by atoms with Crippen molar-refractivity contribution in [1.82, 2.24) is 5.32 Å². The lowest BCUT2D eigenvalue weighted by Gasteiger charge is -2.20. The first-order valence-corrected chi connectivity index (χ1v) is 6.95. The van der Waals surface area contributed by atoms with Crippen molar-refractivity contribution in [3.63, 3.8) is 0 Å². The van der Waals surface area contributed by atoms with Crippen LogP contribution in [-0.2, 0) is 11.3 Å². The Hall–Kier alpha value is -1.06. The number of ether oxygens (including phenoxy) is 2. The van der Waals surface area contributed by atoms with E-state index in [0.717, 1.165) is 12.3 Å². The molecule has 0 radical (unpaired) electrons. The highest BCUT2D eigenvalue weighted by Gasteiger charge is 2.08. The first kappa shape index (κ1) is 16.0. The van der Waals surface area contributed by atoms with Crippen LogP contribution in [0.25, 0.3) is 0 Å². The van der Waals surface area contributed by atoms with Gasteiger partial charge in [0.05, 0.1) is 12.7 Å². The maximum absolute atomic E-state index is 5.61. The predicted octanol–water partition coefficient (Wildman–Crippen LogP) is 3.38. The number of hydrogen-bond acceptors (Lipinski definition) is 3. The normalized spacial score (nSPS) is 11.9. The SMILES string of the molecule is CC(C)OCCOc1ccc(CNC(C)(C)C)cc1. The molecule has 0 spiro atoms. The summed E-state index contributed by atoms with van der Waals surface area (Å²) in [7, 11) is 0. The lowest BCUT2D eigenvalue weighted by molar-refractivity contribution is 0.0552. The van der Waals surface area contributed by atoms with E-state index in [4.69, 9.17) is 9.47 Å². The largest absolute Gasteiger partial charge is 0.491 e. The van der Waals surface area contributed by atoms with E-state index >= 15 is 0 Å². The number of hydrogen-bond donors (Lipinski definition) is 1. The van der Waals surface area contributed by atoms with Gasteiger partial charge in [0.25, 0.3) is 0 Å². The van der Waals surface area contributed by atoms with E-state index in [-0.39, 0.29) is 11.6 Å². The fraction of sp³-hybridized carbons (Fsp3) is 0.625. The Morgan fingerprint density at radius 2 is 1.68 bits per heavy atom. The minimum Gasteiger partial charge on any atom is -0.491 e. The number of rotatable bonds is 7. The zero-order valence-electron chi connectivity index (χ0n) is 12.8. The summed E-state index contributed by atoms with van der Waals surface area (Å²) in [6, 6.07) is 8.21. The zero-order valence-corrected chi connectivity index (χ0v) is 12.8. The van der Waals surface area contributed by atoms with E-state index in [2.05, 4.69) is 38.2 Å². The molecule has 0 unspecified atom stereocenters. The van der Waals surface area contributed by atoms with E-state index < -0.39 is 0 Å². The second-order valence-corrected chi connectivity index (χ2v) is 6.02. The van der Waals surface area contributed by atoms with Crippen molar-refractivity contribution in [2.24, 2.45) is 0 Å². The summed E-state index contributed by atoms with van der Waals surface area (Å²) < 4.78 is 11.0. The van der Waals surface area contributed by atoms with Gasteiger partial charge in [0.15, 0.2) is 0 Å². The van der Waals surface area contributed by atoms with Crippen LogP contribution in [-0.4, -0.2) is 24.9 Å². The summed E-state index contributed by atoms with van der Waals surface area (Å²) in [6.45, 7) is 12.6. The highest BCUT2D eigenvalue weighted by molar-refractivity contribution is 5.27. The van der Waals surface area contributed by atoms with Gasteiger partial charge in [-0.05, 0) is 52.3 Å². The second kappa shape index (κ2) is 7.51. The molecule has 0 bridgehead atoms. The fourth-order valence-corrected chi connectivity index (χ4v) is 1.51. The Balaban J connectivity index is 2.31. The average molecular weight is 265 g/mol. The first-order chi connectivity index (χ1) is 8.87. The van der Waals surface area contributed by atoms with Crippen molar-refractivity contribution >= 4 is 0 Å². The standard InChI is InChI=1S/C16H27NO2/c1-13(2)18-10-11-19-15-8-6-14(7-9-15)12-17-16(3,4)5/h6-9,13,17H,10-12H2,1-5H3. The predicted molar refractivity (Wildman–Crippen MR) is 79.6 cm³/mol. The van der Waals surface area contributed by atoms with Gasteiger partial charge in [-0.2, -0.15) is 0 Å². The Morgan fingerprint density at radius 3 is 2.21 bits per heavy atom. The van der Waals surface area contributed by atoms with Crippen molar-refractivity contribution in [3.8, 4) is 5.75 Å². The summed E-state index contributed by atoms with van der Waals surface area (Å²) in [6.07, 6.45) is 0.259. The molecule has 1 rings (SSSR count). The molecule has 3 heteroatoms. The molecule has 0 aliphatic rings. The maximum Gasteiger partial charge on any atom is 0.119 e. The molecule has 1 aromatic carbocycles. The Morgan fingerprint density at radius 1 is 1.05 bits per heavy atom. The third-order valence-electron chi connectivity index (χ3n) is 2.55. The second-order valence-electron chi connectivity index (χ2n) is 6.02. The van der Waals surface area contributed by atoms with Crippen LogP contribution >= 0.6 is 0 Å². The molecule has 1 N–H and O–H groups in total. The van der Waals surface area contributed by atoms with Crippen LogP contribution in [0.2, 0.25) is 0 Å². The molecular weight excluding hydrogens is 238 g/mol. The number of benzene rings is 1. The fourth-order valence-electron chi connectivity index (χ4n) is 1.51. The summed E-state index contributed by atoms with van der Waals surface area (Å²) in [5, 5.41) is 3.46. The monoisotopic (exact) mass is 265 g/mol. The Bertz CT molecular complexity index is 352. The van der Waals surface area contributed by atoms with Gasteiger partial charge in [0.2, 0.25) is 0 Å². The third kappa shape index (κ3) is 7.85. The molecule has 19 heavy (non-hydrogen) atoms. The van der Waals surface area contributed by atoms with Crippen LogP contribution in [0, 0.1) is 0 Å². The van der Waals surface area contributed by atoms with Gasteiger partial charge in [0, 0.05) is 12.1 Å². The average Bonchev–Trinajstić information content (AvgIpc) is 2.32. The summed E-state index contributed by atoms with van der Waals surface area (Å²) in [4.78, 5) is 0. The molecule has 0 atom stereocenters. The van der Waals surface area contributed by atoms with Crippen LogP contribution in [0.4, 0.5) is 0 Å². The molecule has 108 valence electrons. The van der Waals surface area contributed by atoms with Crippen molar-refractivity contribution in [2.45, 2.75) is 52.8 Å². The van der Waals surface area contributed by atoms with Gasteiger partial charge >= 0.3 is 0 Å². The van der Waals surface area contributed by atoms with Crippen molar-refractivity contribution in [3.05, 3.63) is 29.8 Å². The summed E-state index contributed by atoms with van der Waals surface area (Å²) in [5.41, 5.74) is 1.41. The molecule has 0 aliphatic heterocycles. The van der Waals surface area contributed by atoms with E-state index in [1.165, 1.54) is 5.56 Å². The van der Waals surface area contributed by atoms with Crippen LogP contribution in [0.5, 0.6) is 5.75 Å². The zero-order chi connectivity index (χ0) is 14.3. The van der Waals surface area contributed by atoms with E-state index in [0.29, 0.717) is 13.2 Å².